The van der Waals surface area contributed by atoms with Gasteiger partial charge in [-0.15, -0.1) is 0 Å². The van der Waals surface area contributed by atoms with Crippen LogP contribution in [0.25, 0.3) is 11.8 Å². The van der Waals surface area contributed by atoms with Gasteiger partial charge < -0.3 is 10.1 Å². The molecule has 3 aromatic carbocycles. The molecule has 12 heteroatoms. The Labute approximate surface area is 230 Å². The fourth-order valence-electron chi connectivity index (χ4n) is 4.34. The average molecular weight is 567 g/mol. The first kappa shape index (κ1) is 27.4. The lowest BCUT2D eigenvalue weighted by atomic mass is 10.1. The summed E-state index contributed by atoms with van der Waals surface area (Å²) in [6, 6.07) is 15.7. The van der Waals surface area contributed by atoms with E-state index in [1.807, 2.05) is 0 Å². The van der Waals surface area contributed by atoms with Crippen LogP contribution < -0.4 is 15.6 Å². The number of methoxy groups -OCH3 is 1. The lowest BCUT2D eigenvalue weighted by Gasteiger charge is -2.13. The second-order valence-corrected chi connectivity index (χ2v) is 9.22. The fraction of sp³-hybridized carbons (Fsp3) is 0.138. The number of carbonyl (C=O) groups is 2. The van der Waals surface area contributed by atoms with E-state index in [1.54, 1.807) is 36.4 Å². The number of urea groups is 1. The predicted octanol–water partition coefficient (Wildman–Crippen LogP) is 5.02. The van der Waals surface area contributed by atoms with Gasteiger partial charge in [0.05, 0.1) is 30.5 Å². The van der Waals surface area contributed by atoms with Gasteiger partial charge in [-0.25, -0.2) is 13.9 Å². The third-order valence-electron chi connectivity index (χ3n) is 6.50. The smallest absolute Gasteiger partial charge is 0.416 e. The molecule has 1 aliphatic heterocycles. The third-order valence-corrected chi connectivity index (χ3v) is 6.50. The van der Waals surface area contributed by atoms with Crippen molar-refractivity contribution in [3.05, 3.63) is 123 Å². The summed E-state index contributed by atoms with van der Waals surface area (Å²) in [5.41, 5.74) is 0.407. The molecule has 210 valence electrons. The molecule has 1 saturated heterocycles. The highest BCUT2D eigenvalue weighted by molar-refractivity contribution is 6.13. The van der Waals surface area contributed by atoms with E-state index in [0.717, 1.165) is 17.0 Å². The summed E-state index contributed by atoms with van der Waals surface area (Å²) >= 11 is 0. The van der Waals surface area contributed by atoms with Crippen LogP contribution in [0.5, 0.6) is 5.75 Å². The van der Waals surface area contributed by atoms with Gasteiger partial charge in [-0.2, -0.15) is 13.2 Å². The Morgan fingerprint density at radius 1 is 0.878 bits per heavy atom. The van der Waals surface area contributed by atoms with Crippen LogP contribution in [-0.2, 0) is 23.9 Å². The summed E-state index contributed by atoms with van der Waals surface area (Å²) in [5.74, 6) is -0.596. The van der Waals surface area contributed by atoms with Crippen LogP contribution in [0.15, 0.2) is 83.3 Å². The SMILES string of the molecule is COc1ccc(-n2[nH]c(Cc3ccc(F)cc3)c(C=C3NC(=O)N(Cc4ccc(C(F)(F)F)cc4)C3=O)c2=O)cc1. The summed E-state index contributed by atoms with van der Waals surface area (Å²) in [4.78, 5) is 40.1. The molecule has 0 aliphatic carbocycles. The Bertz CT molecular complexity index is 1690. The van der Waals surface area contributed by atoms with E-state index in [9.17, 15) is 31.9 Å². The number of alkyl halides is 3. The molecule has 5 rings (SSSR count). The summed E-state index contributed by atoms with van der Waals surface area (Å²) in [7, 11) is 1.51. The normalized spacial score (nSPS) is 14.6. The van der Waals surface area contributed by atoms with Crippen molar-refractivity contribution >= 4 is 18.0 Å². The number of benzene rings is 3. The van der Waals surface area contributed by atoms with Crippen molar-refractivity contribution in [2.75, 3.05) is 7.11 Å². The average Bonchev–Trinajstić information content (AvgIpc) is 3.40. The van der Waals surface area contributed by atoms with Crippen LogP contribution in [-0.4, -0.2) is 33.7 Å². The van der Waals surface area contributed by atoms with E-state index in [-0.39, 0.29) is 24.2 Å². The minimum Gasteiger partial charge on any atom is -0.497 e. The first-order valence-corrected chi connectivity index (χ1v) is 12.3. The van der Waals surface area contributed by atoms with Gasteiger partial charge in [-0.1, -0.05) is 24.3 Å². The fourth-order valence-corrected chi connectivity index (χ4v) is 4.34. The lowest BCUT2D eigenvalue weighted by molar-refractivity contribution is -0.137. The Morgan fingerprint density at radius 3 is 2.12 bits per heavy atom. The van der Waals surface area contributed by atoms with Gasteiger partial charge in [-0.05, 0) is 65.7 Å². The van der Waals surface area contributed by atoms with Crippen LogP contribution in [0.2, 0.25) is 0 Å². The summed E-state index contributed by atoms with van der Waals surface area (Å²) in [6.45, 7) is -0.272. The van der Waals surface area contributed by atoms with E-state index in [4.69, 9.17) is 4.74 Å². The number of ether oxygens (including phenoxy) is 1. The molecule has 1 fully saturated rings. The number of hydrogen-bond acceptors (Lipinski definition) is 4. The summed E-state index contributed by atoms with van der Waals surface area (Å²) < 4.78 is 58.5. The molecule has 41 heavy (non-hydrogen) atoms. The molecule has 2 heterocycles. The standard InChI is InChI=1S/C29H22F4N4O4/c1-41-22-12-10-21(11-13-22)37-26(38)23(24(35-37)14-17-4-8-20(30)9-5-17)15-25-27(39)36(28(40)34-25)16-18-2-6-19(7-3-18)29(31,32)33/h2-13,15,35H,14,16H2,1H3,(H,34,40). The van der Waals surface area contributed by atoms with E-state index in [2.05, 4.69) is 10.4 Å². The first-order chi connectivity index (χ1) is 19.5. The number of carbonyl (C=O) groups excluding carboxylic acids is 2. The summed E-state index contributed by atoms with van der Waals surface area (Å²) in [6.07, 6.45) is -3.09. The van der Waals surface area contributed by atoms with Crippen LogP contribution in [0.4, 0.5) is 22.4 Å². The maximum atomic E-state index is 13.5. The quantitative estimate of drug-likeness (QED) is 0.187. The molecule has 3 amide bonds. The van der Waals surface area contributed by atoms with Crippen LogP contribution in [0.3, 0.4) is 0 Å². The maximum absolute atomic E-state index is 13.5. The molecule has 0 unspecified atom stereocenters. The Kier molecular flexibility index (Phi) is 7.22. The van der Waals surface area contributed by atoms with Gasteiger partial charge in [0.25, 0.3) is 11.5 Å². The van der Waals surface area contributed by atoms with E-state index >= 15 is 0 Å². The number of halogens is 4. The first-order valence-electron chi connectivity index (χ1n) is 12.3. The molecule has 1 aromatic heterocycles. The molecule has 1 aliphatic rings. The maximum Gasteiger partial charge on any atom is 0.416 e. The third kappa shape index (κ3) is 5.76. The van der Waals surface area contributed by atoms with Crippen molar-refractivity contribution in [1.29, 1.82) is 0 Å². The summed E-state index contributed by atoms with van der Waals surface area (Å²) in [5, 5.41) is 5.47. The van der Waals surface area contributed by atoms with Gasteiger partial charge in [-0.3, -0.25) is 19.6 Å². The number of aromatic nitrogens is 2. The Balaban J connectivity index is 1.48. The highest BCUT2D eigenvalue weighted by atomic mass is 19.4. The van der Waals surface area contributed by atoms with Gasteiger partial charge in [0, 0.05) is 12.1 Å². The van der Waals surface area contributed by atoms with Gasteiger partial charge in [0.1, 0.15) is 17.3 Å². The topological polar surface area (TPSA) is 96.4 Å². The van der Waals surface area contributed by atoms with E-state index in [1.165, 1.54) is 42.1 Å². The molecule has 0 radical (unpaired) electrons. The highest BCUT2D eigenvalue weighted by Gasteiger charge is 2.35. The lowest BCUT2D eigenvalue weighted by Crippen LogP contribution is -2.30. The minimum absolute atomic E-state index is 0.0881. The molecular formula is C29H22F4N4O4. The number of H-pyrrole nitrogens is 1. The van der Waals surface area contributed by atoms with Crippen LogP contribution >= 0.6 is 0 Å². The Hall–Kier alpha value is -5.13. The van der Waals surface area contributed by atoms with Crippen molar-refractivity contribution in [3.63, 3.8) is 0 Å². The molecule has 0 atom stereocenters. The second kappa shape index (κ2) is 10.8. The molecule has 4 aromatic rings. The monoisotopic (exact) mass is 566 g/mol. The zero-order valence-electron chi connectivity index (χ0n) is 21.5. The highest BCUT2D eigenvalue weighted by Crippen LogP contribution is 2.29. The largest absolute Gasteiger partial charge is 0.497 e. The molecule has 0 bridgehead atoms. The van der Waals surface area contributed by atoms with Crippen molar-refractivity contribution in [2.45, 2.75) is 19.1 Å². The number of nitrogens with one attached hydrogen (secondary N) is 2. The molecular weight excluding hydrogens is 544 g/mol. The molecule has 0 spiro atoms. The zero-order chi connectivity index (χ0) is 29.3. The van der Waals surface area contributed by atoms with Gasteiger partial charge in [0.15, 0.2) is 0 Å². The number of nitrogens with zero attached hydrogens (tertiary/aromatic N) is 2. The van der Waals surface area contributed by atoms with Gasteiger partial charge in [0.2, 0.25) is 0 Å². The van der Waals surface area contributed by atoms with Crippen molar-refractivity contribution < 1.29 is 31.9 Å². The van der Waals surface area contributed by atoms with Crippen LogP contribution in [0.1, 0.15) is 27.9 Å². The van der Waals surface area contributed by atoms with Crippen molar-refractivity contribution in [1.82, 2.24) is 20.0 Å². The molecule has 0 saturated carbocycles. The van der Waals surface area contributed by atoms with Crippen molar-refractivity contribution in [2.24, 2.45) is 0 Å². The minimum atomic E-state index is -4.52. The number of rotatable bonds is 7. The van der Waals surface area contributed by atoms with E-state index in [0.29, 0.717) is 28.3 Å². The second-order valence-electron chi connectivity index (χ2n) is 9.22. The number of amides is 3. The zero-order valence-corrected chi connectivity index (χ0v) is 21.5. The predicted molar refractivity (Wildman–Crippen MR) is 141 cm³/mol. The molecule has 2 N–H and O–H groups in total. The Morgan fingerprint density at radius 2 is 1.51 bits per heavy atom. The number of hydrogen-bond donors (Lipinski definition) is 2. The van der Waals surface area contributed by atoms with Gasteiger partial charge >= 0.3 is 12.2 Å². The van der Waals surface area contributed by atoms with E-state index < -0.39 is 35.1 Å². The number of imide groups is 1. The van der Waals surface area contributed by atoms with Crippen molar-refractivity contribution in [3.8, 4) is 11.4 Å². The van der Waals surface area contributed by atoms with Crippen LogP contribution in [0, 0.1) is 5.82 Å². The molecule has 8 nitrogen and oxygen atoms in total. The number of aromatic amines is 1.